The first-order valence-electron chi connectivity index (χ1n) is 7.49. The molecule has 4 heteroatoms. The van der Waals surface area contributed by atoms with Crippen molar-refractivity contribution in [1.29, 1.82) is 0 Å². The molecule has 0 saturated heterocycles. The van der Waals surface area contributed by atoms with Crippen LogP contribution in [-0.2, 0) is 6.54 Å². The number of hydrogen-bond donors (Lipinski definition) is 1. The zero-order chi connectivity index (χ0) is 15.5. The minimum atomic E-state index is -0.260. The average molecular weight is 320 g/mol. The van der Waals surface area contributed by atoms with Crippen molar-refractivity contribution in [2.45, 2.75) is 25.4 Å². The molecular weight excluding hydrogens is 301 g/mol. The third-order valence-electron chi connectivity index (χ3n) is 4.13. The first kappa shape index (κ1) is 15.3. The lowest BCUT2D eigenvalue weighted by molar-refractivity contribution is 0.413. The highest BCUT2D eigenvalue weighted by molar-refractivity contribution is 6.31. The van der Waals surface area contributed by atoms with Crippen LogP contribution in [0.1, 0.15) is 30.0 Å². The normalized spacial score (nSPS) is 15.6. The smallest absolute Gasteiger partial charge is 0.129 e. The summed E-state index contributed by atoms with van der Waals surface area (Å²) >= 11 is 6.10. The van der Waals surface area contributed by atoms with E-state index in [1.807, 2.05) is 12.1 Å². The molecule has 1 fully saturated rings. The Labute approximate surface area is 135 Å². The number of hydrogen-bond acceptors (Lipinski definition) is 2. The maximum absolute atomic E-state index is 13.9. The van der Waals surface area contributed by atoms with Crippen molar-refractivity contribution in [3.8, 4) is 5.75 Å². The van der Waals surface area contributed by atoms with Crippen LogP contribution in [0.2, 0.25) is 5.02 Å². The molecule has 1 unspecified atom stereocenters. The lowest BCUT2D eigenvalue weighted by atomic mass is 10.0. The Bertz CT molecular complexity index is 620. The fourth-order valence-electron chi connectivity index (χ4n) is 2.71. The van der Waals surface area contributed by atoms with Gasteiger partial charge in [-0.3, -0.25) is 0 Å². The molecule has 22 heavy (non-hydrogen) atoms. The van der Waals surface area contributed by atoms with Crippen LogP contribution >= 0.6 is 11.6 Å². The van der Waals surface area contributed by atoms with Gasteiger partial charge in [-0.05, 0) is 48.6 Å². The molecule has 0 heterocycles. The monoisotopic (exact) mass is 319 g/mol. The third kappa shape index (κ3) is 3.42. The van der Waals surface area contributed by atoms with E-state index in [4.69, 9.17) is 16.3 Å². The molecule has 0 spiro atoms. The summed E-state index contributed by atoms with van der Waals surface area (Å²) in [4.78, 5) is 0. The molecular formula is C18H19ClFNO. The van der Waals surface area contributed by atoms with E-state index in [0.717, 1.165) is 5.75 Å². The first-order valence-corrected chi connectivity index (χ1v) is 7.87. The van der Waals surface area contributed by atoms with Crippen LogP contribution in [0.3, 0.4) is 0 Å². The topological polar surface area (TPSA) is 21.3 Å². The number of rotatable bonds is 6. The van der Waals surface area contributed by atoms with Crippen LogP contribution in [0.25, 0.3) is 0 Å². The maximum Gasteiger partial charge on any atom is 0.129 e. The van der Waals surface area contributed by atoms with Crippen molar-refractivity contribution in [3.05, 3.63) is 64.4 Å². The fraction of sp³-hybridized carbons (Fsp3) is 0.333. The molecule has 0 aromatic heterocycles. The van der Waals surface area contributed by atoms with Gasteiger partial charge in [-0.25, -0.2) is 4.39 Å². The standard InChI is InChI=1S/C18H19ClFNO/c1-22-14-9-7-13(8-10-14)18(12-5-6-12)21-11-15-16(19)3-2-4-17(15)20/h2-4,7-10,12,18,21H,5-6,11H2,1H3. The second-order valence-corrected chi connectivity index (χ2v) is 6.08. The predicted octanol–water partition coefficient (Wildman–Crippen LogP) is 4.73. The Morgan fingerprint density at radius 1 is 1.23 bits per heavy atom. The summed E-state index contributed by atoms with van der Waals surface area (Å²) in [6.07, 6.45) is 2.41. The van der Waals surface area contributed by atoms with Gasteiger partial charge < -0.3 is 10.1 Å². The fourth-order valence-corrected chi connectivity index (χ4v) is 2.94. The molecule has 1 atom stereocenters. The summed E-state index contributed by atoms with van der Waals surface area (Å²) in [6, 6.07) is 13.1. The maximum atomic E-state index is 13.9. The van der Waals surface area contributed by atoms with Gasteiger partial charge in [0.1, 0.15) is 11.6 Å². The van der Waals surface area contributed by atoms with Crippen LogP contribution in [0, 0.1) is 11.7 Å². The van der Waals surface area contributed by atoms with Gasteiger partial charge in [0.25, 0.3) is 0 Å². The Morgan fingerprint density at radius 2 is 1.95 bits per heavy atom. The molecule has 2 aromatic rings. The highest BCUT2D eigenvalue weighted by Crippen LogP contribution is 2.41. The minimum Gasteiger partial charge on any atom is -0.497 e. The van der Waals surface area contributed by atoms with Gasteiger partial charge in [-0.15, -0.1) is 0 Å². The summed E-state index contributed by atoms with van der Waals surface area (Å²) in [5.74, 6) is 1.19. The lowest BCUT2D eigenvalue weighted by Crippen LogP contribution is -2.23. The quantitative estimate of drug-likeness (QED) is 0.831. The van der Waals surface area contributed by atoms with Crippen LogP contribution in [0.15, 0.2) is 42.5 Å². The summed E-state index contributed by atoms with van der Waals surface area (Å²) in [5, 5.41) is 3.94. The summed E-state index contributed by atoms with van der Waals surface area (Å²) in [7, 11) is 1.66. The summed E-state index contributed by atoms with van der Waals surface area (Å²) in [6.45, 7) is 0.429. The van der Waals surface area contributed by atoms with E-state index in [2.05, 4.69) is 17.4 Å². The van der Waals surface area contributed by atoms with Gasteiger partial charge in [0, 0.05) is 23.2 Å². The van der Waals surface area contributed by atoms with Crippen molar-refractivity contribution in [3.63, 3.8) is 0 Å². The van der Waals surface area contributed by atoms with Crippen molar-refractivity contribution in [2.24, 2.45) is 5.92 Å². The number of nitrogens with one attached hydrogen (secondary N) is 1. The van der Waals surface area contributed by atoms with Crippen molar-refractivity contribution in [2.75, 3.05) is 7.11 Å². The second kappa shape index (κ2) is 6.67. The highest BCUT2D eigenvalue weighted by atomic mass is 35.5. The van der Waals surface area contributed by atoms with Gasteiger partial charge in [-0.2, -0.15) is 0 Å². The summed E-state index contributed by atoms with van der Waals surface area (Å²) in [5.41, 5.74) is 1.74. The van der Waals surface area contributed by atoms with Crippen LogP contribution in [-0.4, -0.2) is 7.11 Å². The summed E-state index contributed by atoms with van der Waals surface area (Å²) < 4.78 is 19.1. The first-order chi connectivity index (χ1) is 10.7. The molecule has 1 N–H and O–H groups in total. The van der Waals surface area contributed by atoms with E-state index in [-0.39, 0.29) is 11.9 Å². The number of methoxy groups -OCH3 is 1. The highest BCUT2D eigenvalue weighted by Gasteiger charge is 2.32. The SMILES string of the molecule is COc1ccc(C(NCc2c(F)cccc2Cl)C2CC2)cc1. The molecule has 2 aromatic carbocycles. The molecule has 2 nitrogen and oxygen atoms in total. The van der Waals surface area contributed by atoms with Gasteiger partial charge in [0.05, 0.1) is 7.11 Å². The lowest BCUT2D eigenvalue weighted by Gasteiger charge is -2.20. The largest absolute Gasteiger partial charge is 0.497 e. The molecule has 3 rings (SSSR count). The Kier molecular flexibility index (Phi) is 4.65. The van der Waals surface area contributed by atoms with Crippen LogP contribution in [0.4, 0.5) is 4.39 Å². The van der Waals surface area contributed by atoms with Gasteiger partial charge in [0.15, 0.2) is 0 Å². The predicted molar refractivity (Wildman–Crippen MR) is 86.7 cm³/mol. The van der Waals surface area contributed by atoms with E-state index in [1.165, 1.54) is 24.5 Å². The number of benzene rings is 2. The minimum absolute atomic E-state index is 0.224. The number of ether oxygens (including phenoxy) is 1. The van der Waals surface area contributed by atoms with E-state index in [0.29, 0.717) is 23.0 Å². The molecule has 0 bridgehead atoms. The molecule has 116 valence electrons. The zero-order valence-electron chi connectivity index (χ0n) is 12.5. The molecule has 0 aliphatic heterocycles. The van der Waals surface area contributed by atoms with Crippen molar-refractivity contribution < 1.29 is 9.13 Å². The second-order valence-electron chi connectivity index (χ2n) is 5.67. The Morgan fingerprint density at radius 3 is 2.55 bits per heavy atom. The average Bonchev–Trinajstić information content (AvgIpc) is 3.35. The van der Waals surface area contributed by atoms with Crippen molar-refractivity contribution in [1.82, 2.24) is 5.32 Å². The third-order valence-corrected chi connectivity index (χ3v) is 4.48. The van der Waals surface area contributed by atoms with E-state index < -0.39 is 0 Å². The Hall–Kier alpha value is -1.58. The van der Waals surface area contributed by atoms with Gasteiger partial charge >= 0.3 is 0 Å². The molecule has 1 saturated carbocycles. The molecule has 0 amide bonds. The van der Waals surface area contributed by atoms with E-state index in [1.54, 1.807) is 19.2 Å². The van der Waals surface area contributed by atoms with Gasteiger partial charge in [0.2, 0.25) is 0 Å². The zero-order valence-corrected chi connectivity index (χ0v) is 13.2. The molecule has 1 aliphatic rings. The van der Waals surface area contributed by atoms with E-state index in [9.17, 15) is 4.39 Å². The van der Waals surface area contributed by atoms with Crippen LogP contribution in [0.5, 0.6) is 5.75 Å². The number of halogens is 2. The Balaban J connectivity index is 1.74. The van der Waals surface area contributed by atoms with Crippen molar-refractivity contribution >= 4 is 11.6 Å². The van der Waals surface area contributed by atoms with Gasteiger partial charge in [-0.1, -0.05) is 29.8 Å². The van der Waals surface area contributed by atoms with E-state index >= 15 is 0 Å². The molecule has 1 aliphatic carbocycles. The van der Waals surface area contributed by atoms with Crippen LogP contribution < -0.4 is 10.1 Å². The molecule has 0 radical (unpaired) electrons.